The van der Waals surface area contributed by atoms with Crippen molar-refractivity contribution in [2.75, 3.05) is 0 Å². The van der Waals surface area contributed by atoms with Crippen LogP contribution < -0.4 is 0 Å². The lowest BCUT2D eigenvalue weighted by molar-refractivity contribution is 0.569. The molecule has 4 heteroatoms. The molecule has 0 unspecified atom stereocenters. The first-order valence-electron chi connectivity index (χ1n) is 8.23. The third-order valence-corrected chi connectivity index (χ3v) is 5.45. The van der Waals surface area contributed by atoms with E-state index in [1.807, 2.05) is 12.3 Å². The van der Waals surface area contributed by atoms with Crippen molar-refractivity contribution in [2.24, 2.45) is 4.99 Å². The van der Waals surface area contributed by atoms with Gasteiger partial charge in [-0.15, -0.1) is 0 Å². The van der Waals surface area contributed by atoms with Gasteiger partial charge < -0.3 is 0 Å². The van der Waals surface area contributed by atoms with Crippen molar-refractivity contribution in [1.82, 2.24) is 7.76 Å². The second-order valence-electron chi connectivity index (χ2n) is 7.20. The molecular weight excluding hydrogens is 421 g/mol. The summed E-state index contributed by atoms with van der Waals surface area (Å²) in [6.07, 6.45) is 5.69. The molecule has 1 aromatic carbocycles. The predicted molar refractivity (Wildman–Crippen MR) is 117 cm³/mol. The van der Waals surface area contributed by atoms with Crippen LogP contribution in [0.2, 0.25) is 0 Å². The Morgan fingerprint density at radius 3 is 2.48 bits per heavy atom. The van der Waals surface area contributed by atoms with E-state index in [1.165, 1.54) is 22.0 Å². The Balaban J connectivity index is 2.08. The molecule has 0 aliphatic carbocycles. The van der Waals surface area contributed by atoms with Crippen molar-refractivity contribution in [2.45, 2.75) is 33.1 Å². The summed E-state index contributed by atoms with van der Waals surface area (Å²) in [6, 6.07) is 10.9. The number of pyridine rings is 1. The molecule has 0 aliphatic heterocycles. The third kappa shape index (κ3) is 3.40. The van der Waals surface area contributed by atoms with E-state index in [2.05, 4.69) is 100 Å². The van der Waals surface area contributed by atoms with Gasteiger partial charge in [0.05, 0.1) is 34.1 Å². The summed E-state index contributed by atoms with van der Waals surface area (Å²) in [6.45, 7) is 12.2. The Hall–Kier alpha value is -1.95. The maximum Gasteiger partial charge on any atom is 0.0646 e. The molecule has 3 rings (SSSR count). The molecule has 25 heavy (non-hydrogen) atoms. The first-order chi connectivity index (χ1) is 11.8. The fraction of sp³-hybridized carbons (Fsp3) is 0.238. The minimum Gasteiger partial charge on any atom is -0.282 e. The van der Waals surface area contributed by atoms with Gasteiger partial charge in [0, 0.05) is 34.5 Å². The maximum absolute atomic E-state index is 4.65. The van der Waals surface area contributed by atoms with E-state index in [0.29, 0.717) is 0 Å². The molecule has 0 N–H and O–H groups in total. The number of fused-ring (bicyclic) bond motifs is 1. The highest BCUT2D eigenvalue weighted by molar-refractivity contribution is 14.1. The van der Waals surface area contributed by atoms with Crippen molar-refractivity contribution in [3.63, 3.8) is 0 Å². The van der Waals surface area contributed by atoms with Gasteiger partial charge in [-0.2, -0.15) is 0 Å². The summed E-state index contributed by atoms with van der Waals surface area (Å²) >= 11 is 2.34. The fourth-order valence-corrected chi connectivity index (χ4v) is 3.85. The minimum absolute atomic E-state index is 0.0664. The maximum atomic E-state index is 4.65. The average Bonchev–Trinajstić information content (AvgIpc) is 2.83. The quantitative estimate of drug-likeness (QED) is 0.351. The van der Waals surface area contributed by atoms with Gasteiger partial charge in [-0.1, -0.05) is 39.0 Å². The van der Waals surface area contributed by atoms with Gasteiger partial charge in [-0.05, 0) is 43.0 Å². The second kappa shape index (κ2) is 6.75. The standard InChI is InChI=1S/C21H22IN3/c1-14-17-8-6-15(12-19(17)25(22)18(14)10-11-23-5)16-7-9-20(24-13-16)21(2,3)4/h6-13H,5H2,1-4H3/b11-10-. The normalized spacial score (nSPS) is 12.2. The zero-order chi connectivity index (χ0) is 18.2. The summed E-state index contributed by atoms with van der Waals surface area (Å²) in [4.78, 5) is 8.47. The lowest BCUT2D eigenvalue weighted by Gasteiger charge is -2.17. The minimum atomic E-state index is 0.0664. The van der Waals surface area contributed by atoms with Crippen molar-refractivity contribution in [3.05, 3.63) is 59.7 Å². The summed E-state index contributed by atoms with van der Waals surface area (Å²) in [5.74, 6) is 0. The summed E-state index contributed by atoms with van der Waals surface area (Å²) in [5.41, 5.74) is 7.06. The topological polar surface area (TPSA) is 30.2 Å². The lowest BCUT2D eigenvalue weighted by Crippen LogP contribution is -2.12. The second-order valence-corrected chi connectivity index (χ2v) is 8.17. The SMILES string of the molecule is C=N/C=C\c1c(C)c2ccc(-c3ccc(C(C)(C)C)nc3)cc2n1I. The largest absolute Gasteiger partial charge is 0.282 e. The first kappa shape index (κ1) is 17.9. The first-order valence-corrected chi connectivity index (χ1v) is 9.20. The van der Waals surface area contributed by atoms with Gasteiger partial charge in [-0.3, -0.25) is 12.8 Å². The Kier molecular flexibility index (Phi) is 4.82. The van der Waals surface area contributed by atoms with E-state index in [9.17, 15) is 0 Å². The van der Waals surface area contributed by atoms with E-state index in [4.69, 9.17) is 0 Å². The Labute approximate surface area is 163 Å². The molecule has 0 saturated heterocycles. The van der Waals surface area contributed by atoms with E-state index >= 15 is 0 Å². The molecule has 3 aromatic rings. The van der Waals surface area contributed by atoms with Crippen LogP contribution in [0.3, 0.4) is 0 Å². The Bertz CT molecular complexity index is 957. The molecule has 0 bridgehead atoms. The van der Waals surface area contributed by atoms with E-state index in [-0.39, 0.29) is 5.41 Å². The van der Waals surface area contributed by atoms with Crippen LogP contribution in [0, 0.1) is 6.92 Å². The number of benzene rings is 1. The molecule has 0 fully saturated rings. The van der Waals surface area contributed by atoms with Crippen molar-refractivity contribution in [1.29, 1.82) is 0 Å². The van der Waals surface area contributed by atoms with E-state index in [0.717, 1.165) is 17.0 Å². The van der Waals surface area contributed by atoms with Crippen LogP contribution in [0.1, 0.15) is 37.7 Å². The molecule has 2 aromatic heterocycles. The predicted octanol–water partition coefficient (Wildman–Crippen LogP) is 6.18. The molecule has 0 saturated carbocycles. The smallest absolute Gasteiger partial charge is 0.0646 e. The number of aromatic nitrogens is 2. The summed E-state index contributed by atoms with van der Waals surface area (Å²) in [5, 5.41) is 1.25. The number of nitrogens with zero attached hydrogens (tertiary/aromatic N) is 3. The molecule has 128 valence electrons. The number of aliphatic imine (C=N–C) groups is 1. The van der Waals surface area contributed by atoms with Crippen LogP contribution in [0.15, 0.2) is 47.7 Å². The molecule has 0 atom stereocenters. The van der Waals surface area contributed by atoms with Crippen molar-refractivity contribution in [3.8, 4) is 11.1 Å². The summed E-state index contributed by atoms with van der Waals surface area (Å²) < 4.78 is 2.17. The van der Waals surface area contributed by atoms with Crippen LogP contribution >= 0.6 is 22.9 Å². The molecule has 0 spiro atoms. The number of hydrogen-bond acceptors (Lipinski definition) is 2. The Morgan fingerprint density at radius 1 is 1.16 bits per heavy atom. The van der Waals surface area contributed by atoms with Gasteiger partial charge >= 0.3 is 0 Å². The van der Waals surface area contributed by atoms with Gasteiger partial charge in [-0.25, -0.2) is 0 Å². The Morgan fingerprint density at radius 2 is 1.88 bits per heavy atom. The summed E-state index contributed by atoms with van der Waals surface area (Å²) in [7, 11) is 0. The number of aryl methyl sites for hydroxylation is 1. The zero-order valence-corrected chi connectivity index (χ0v) is 17.2. The van der Waals surface area contributed by atoms with Crippen LogP contribution in [0.4, 0.5) is 0 Å². The third-order valence-electron chi connectivity index (χ3n) is 4.41. The van der Waals surface area contributed by atoms with Crippen molar-refractivity contribution < 1.29 is 0 Å². The van der Waals surface area contributed by atoms with Crippen LogP contribution in [0.5, 0.6) is 0 Å². The van der Waals surface area contributed by atoms with Crippen LogP contribution in [-0.4, -0.2) is 14.5 Å². The highest BCUT2D eigenvalue weighted by atomic mass is 127. The van der Waals surface area contributed by atoms with Crippen molar-refractivity contribution >= 4 is 46.6 Å². The highest BCUT2D eigenvalue weighted by Crippen LogP contribution is 2.32. The molecule has 0 radical (unpaired) electrons. The zero-order valence-electron chi connectivity index (χ0n) is 15.0. The molecule has 0 amide bonds. The van der Waals surface area contributed by atoms with E-state index < -0.39 is 0 Å². The monoisotopic (exact) mass is 443 g/mol. The fourth-order valence-electron chi connectivity index (χ4n) is 2.93. The highest BCUT2D eigenvalue weighted by Gasteiger charge is 2.16. The van der Waals surface area contributed by atoms with Crippen LogP contribution in [-0.2, 0) is 5.41 Å². The van der Waals surface area contributed by atoms with Gasteiger partial charge in [0.25, 0.3) is 0 Å². The lowest BCUT2D eigenvalue weighted by atomic mass is 9.91. The number of hydrogen-bond donors (Lipinski definition) is 0. The van der Waals surface area contributed by atoms with Gasteiger partial charge in [0.2, 0.25) is 0 Å². The molecular formula is C21H22IN3. The average molecular weight is 443 g/mol. The van der Waals surface area contributed by atoms with Gasteiger partial charge in [0.1, 0.15) is 0 Å². The van der Waals surface area contributed by atoms with Crippen LogP contribution in [0.25, 0.3) is 28.1 Å². The number of halogens is 1. The van der Waals surface area contributed by atoms with E-state index in [1.54, 1.807) is 6.20 Å². The number of rotatable bonds is 3. The van der Waals surface area contributed by atoms with Gasteiger partial charge in [0.15, 0.2) is 0 Å². The molecule has 3 nitrogen and oxygen atoms in total. The molecule has 2 heterocycles. The molecule has 0 aliphatic rings.